The van der Waals surface area contributed by atoms with Crippen molar-refractivity contribution in [3.05, 3.63) is 58.1 Å². The lowest BCUT2D eigenvalue weighted by atomic mass is 10.1. The Hall–Kier alpha value is -3.06. The standard InChI is InChI=1S/C18H18ClN3O4/c1-10-3-4-11(18(25)26-2)7-15(10)22-16(23)9-21-12-5-6-13(17(20)24)14(19)8-12/h3-8,21H,9H2,1-2H3,(H2,20,24)(H,22,23). The van der Waals surface area contributed by atoms with Crippen LogP contribution >= 0.6 is 11.6 Å². The minimum absolute atomic E-state index is 0.0336. The van der Waals surface area contributed by atoms with Crippen LogP contribution in [0.15, 0.2) is 36.4 Å². The third kappa shape index (κ3) is 4.73. The van der Waals surface area contributed by atoms with E-state index in [1.165, 1.54) is 19.2 Å². The SMILES string of the molecule is COC(=O)c1ccc(C)c(NC(=O)CNc2ccc(C(N)=O)c(Cl)c2)c1. The van der Waals surface area contributed by atoms with Gasteiger partial charge in [-0.1, -0.05) is 17.7 Å². The number of methoxy groups -OCH3 is 1. The number of anilines is 2. The van der Waals surface area contributed by atoms with Crippen LogP contribution in [0.4, 0.5) is 11.4 Å². The Morgan fingerprint density at radius 1 is 1.15 bits per heavy atom. The molecule has 0 saturated heterocycles. The molecule has 2 rings (SSSR count). The van der Waals surface area contributed by atoms with E-state index in [1.807, 2.05) is 6.92 Å². The smallest absolute Gasteiger partial charge is 0.337 e. The highest BCUT2D eigenvalue weighted by Gasteiger charge is 2.11. The molecule has 0 heterocycles. The molecule has 0 aliphatic carbocycles. The normalized spacial score (nSPS) is 10.1. The van der Waals surface area contributed by atoms with Crippen LogP contribution in [0, 0.1) is 6.92 Å². The molecule has 0 atom stereocenters. The quantitative estimate of drug-likeness (QED) is 0.672. The number of primary amides is 1. The van der Waals surface area contributed by atoms with Gasteiger partial charge in [0.2, 0.25) is 11.8 Å². The Bertz CT molecular complexity index is 868. The van der Waals surface area contributed by atoms with E-state index in [1.54, 1.807) is 24.3 Å². The van der Waals surface area contributed by atoms with Crippen molar-refractivity contribution in [2.24, 2.45) is 5.73 Å². The van der Waals surface area contributed by atoms with Crippen molar-refractivity contribution >= 4 is 40.8 Å². The van der Waals surface area contributed by atoms with Gasteiger partial charge in [0.25, 0.3) is 0 Å². The van der Waals surface area contributed by atoms with Crippen LogP contribution in [0.25, 0.3) is 0 Å². The highest BCUT2D eigenvalue weighted by Crippen LogP contribution is 2.21. The lowest BCUT2D eigenvalue weighted by Gasteiger charge is -2.12. The number of carbonyl (C=O) groups is 3. The van der Waals surface area contributed by atoms with Gasteiger partial charge in [-0.15, -0.1) is 0 Å². The molecular formula is C18H18ClN3O4. The molecule has 0 fully saturated rings. The third-order valence-corrected chi connectivity index (χ3v) is 3.93. The van der Waals surface area contributed by atoms with Gasteiger partial charge in [0.05, 0.1) is 29.8 Å². The number of ether oxygens (including phenoxy) is 1. The van der Waals surface area contributed by atoms with E-state index in [0.717, 1.165) is 5.56 Å². The number of amides is 2. The van der Waals surface area contributed by atoms with Crippen molar-refractivity contribution < 1.29 is 19.1 Å². The molecule has 0 aliphatic rings. The summed E-state index contributed by atoms with van der Waals surface area (Å²) in [6.07, 6.45) is 0. The third-order valence-electron chi connectivity index (χ3n) is 3.62. The number of aryl methyl sites for hydroxylation is 1. The average Bonchev–Trinajstić information content (AvgIpc) is 2.61. The molecule has 7 nitrogen and oxygen atoms in total. The molecule has 0 spiro atoms. The number of hydrogen-bond acceptors (Lipinski definition) is 5. The summed E-state index contributed by atoms with van der Waals surface area (Å²) in [6.45, 7) is 1.78. The molecule has 2 aromatic rings. The molecule has 0 aromatic heterocycles. The maximum absolute atomic E-state index is 12.2. The van der Waals surface area contributed by atoms with Crippen molar-refractivity contribution in [1.29, 1.82) is 0 Å². The van der Waals surface area contributed by atoms with E-state index in [-0.39, 0.29) is 23.0 Å². The molecule has 0 bridgehead atoms. The maximum atomic E-state index is 12.2. The lowest BCUT2D eigenvalue weighted by molar-refractivity contribution is -0.114. The zero-order chi connectivity index (χ0) is 19.3. The van der Waals surface area contributed by atoms with Gasteiger partial charge in [-0.05, 0) is 42.8 Å². The zero-order valence-corrected chi connectivity index (χ0v) is 15.0. The number of benzene rings is 2. The fourth-order valence-corrected chi connectivity index (χ4v) is 2.48. The highest BCUT2D eigenvalue weighted by molar-refractivity contribution is 6.34. The maximum Gasteiger partial charge on any atom is 0.337 e. The van der Waals surface area contributed by atoms with E-state index >= 15 is 0 Å². The van der Waals surface area contributed by atoms with Crippen LogP contribution in [0.1, 0.15) is 26.3 Å². The molecule has 2 aromatic carbocycles. The van der Waals surface area contributed by atoms with Crippen LogP contribution in [0.3, 0.4) is 0 Å². The topological polar surface area (TPSA) is 111 Å². The summed E-state index contributed by atoms with van der Waals surface area (Å²) >= 11 is 5.97. The Kier molecular flexibility index (Phi) is 6.19. The van der Waals surface area contributed by atoms with Gasteiger partial charge in [-0.2, -0.15) is 0 Å². The molecule has 2 amide bonds. The number of nitrogens with one attached hydrogen (secondary N) is 2. The monoisotopic (exact) mass is 375 g/mol. The number of halogens is 1. The van der Waals surface area contributed by atoms with Crippen molar-refractivity contribution in [2.75, 3.05) is 24.3 Å². The molecule has 0 aliphatic heterocycles. The van der Waals surface area contributed by atoms with E-state index < -0.39 is 11.9 Å². The average molecular weight is 376 g/mol. The summed E-state index contributed by atoms with van der Waals surface area (Å²) in [5, 5.41) is 5.83. The molecule has 4 N–H and O–H groups in total. The van der Waals surface area contributed by atoms with E-state index in [4.69, 9.17) is 17.3 Å². The summed E-state index contributed by atoms with van der Waals surface area (Å²) in [5.41, 5.74) is 7.62. The molecule has 8 heteroatoms. The van der Waals surface area contributed by atoms with Crippen molar-refractivity contribution in [2.45, 2.75) is 6.92 Å². The Morgan fingerprint density at radius 2 is 1.88 bits per heavy atom. The number of nitrogens with two attached hydrogens (primary N) is 1. The fourth-order valence-electron chi connectivity index (χ4n) is 2.20. The summed E-state index contributed by atoms with van der Waals surface area (Å²) in [7, 11) is 1.29. The van der Waals surface area contributed by atoms with Crippen LogP contribution in [-0.4, -0.2) is 31.4 Å². The van der Waals surface area contributed by atoms with Gasteiger partial charge in [-0.25, -0.2) is 4.79 Å². The molecule has 0 unspecified atom stereocenters. The Morgan fingerprint density at radius 3 is 2.50 bits per heavy atom. The van der Waals surface area contributed by atoms with E-state index in [0.29, 0.717) is 16.9 Å². The largest absolute Gasteiger partial charge is 0.465 e. The summed E-state index contributed by atoms with van der Waals surface area (Å²) in [4.78, 5) is 34.9. The molecule has 0 radical (unpaired) electrons. The first-order valence-electron chi connectivity index (χ1n) is 7.64. The lowest BCUT2D eigenvalue weighted by Crippen LogP contribution is -2.22. The summed E-state index contributed by atoms with van der Waals surface area (Å²) < 4.78 is 4.67. The second-order valence-corrected chi connectivity index (χ2v) is 5.89. The van der Waals surface area contributed by atoms with Gasteiger partial charge in [0.1, 0.15) is 0 Å². The fraction of sp³-hybridized carbons (Fsp3) is 0.167. The minimum atomic E-state index is -0.625. The Balaban J connectivity index is 2.02. The molecule has 0 saturated carbocycles. The van der Waals surface area contributed by atoms with Gasteiger partial charge in [0.15, 0.2) is 0 Å². The minimum Gasteiger partial charge on any atom is -0.465 e. The predicted molar refractivity (Wildman–Crippen MR) is 99.6 cm³/mol. The second kappa shape index (κ2) is 8.35. The second-order valence-electron chi connectivity index (χ2n) is 5.48. The number of hydrogen-bond donors (Lipinski definition) is 3. The number of esters is 1. The molecular weight excluding hydrogens is 358 g/mol. The van der Waals surface area contributed by atoms with Crippen LogP contribution < -0.4 is 16.4 Å². The zero-order valence-electron chi connectivity index (χ0n) is 14.3. The number of rotatable bonds is 6. The van der Waals surface area contributed by atoms with Crippen molar-refractivity contribution in [1.82, 2.24) is 0 Å². The van der Waals surface area contributed by atoms with Gasteiger partial charge >= 0.3 is 5.97 Å². The van der Waals surface area contributed by atoms with Crippen molar-refractivity contribution in [3.63, 3.8) is 0 Å². The number of carbonyl (C=O) groups excluding carboxylic acids is 3. The van der Waals surface area contributed by atoms with E-state index in [9.17, 15) is 14.4 Å². The molecule has 26 heavy (non-hydrogen) atoms. The van der Waals surface area contributed by atoms with Crippen molar-refractivity contribution in [3.8, 4) is 0 Å². The Labute approximate surface area is 155 Å². The van der Waals surface area contributed by atoms with Crippen LogP contribution in [0.5, 0.6) is 0 Å². The first kappa shape index (κ1) is 19.3. The first-order valence-corrected chi connectivity index (χ1v) is 8.01. The molecule has 136 valence electrons. The van der Waals surface area contributed by atoms with Gasteiger partial charge < -0.3 is 21.1 Å². The van der Waals surface area contributed by atoms with E-state index in [2.05, 4.69) is 15.4 Å². The van der Waals surface area contributed by atoms with Gasteiger partial charge in [-0.3, -0.25) is 9.59 Å². The predicted octanol–water partition coefficient (Wildman–Crippen LogP) is 2.58. The highest BCUT2D eigenvalue weighted by atomic mass is 35.5. The van der Waals surface area contributed by atoms with Crippen LogP contribution in [0.2, 0.25) is 5.02 Å². The summed E-state index contributed by atoms with van der Waals surface area (Å²) in [6, 6.07) is 9.49. The first-order chi connectivity index (χ1) is 12.3. The summed E-state index contributed by atoms with van der Waals surface area (Å²) in [5.74, 6) is -1.42. The van der Waals surface area contributed by atoms with Gasteiger partial charge in [0, 0.05) is 11.4 Å². The van der Waals surface area contributed by atoms with Crippen LogP contribution in [-0.2, 0) is 9.53 Å².